The summed E-state index contributed by atoms with van der Waals surface area (Å²) in [4.78, 5) is 32.5. The third kappa shape index (κ3) is 3.95. The average molecular weight is 441 g/mol. The number of hydrogen-bond donors (Lipinski definition) is 2. The molecule has 4 aromatic rings. The van der Waals surface area contributed by atoms with Crippen LogP contribution in [0, 0.1) is 0 Å². The zero-order valence-electron chi connectivity index (χ0n) is 18.4. The third-order valence-electron chi connectivity index (χ3n) is 6.27. The van der Waals surface area contributed by atoms with Crippen molar-refractivity contribution in [3.8, 4) is 11.1 Å². The fourth-order valence-corrected chi connectivity index (χ4v) is 4.03. The number of benzene rings is 2. The molecule has 33 heavy (non-hydrogen) atoms. The van der Waals surface area contributed by atoms with Crippen molar-refractivity contribution in [2.24, 2.45) is 7.05 Å². The molecule has 1 amide bonds. The van der Waals surface area contributed by atoms with Gasteiger partial charge >= 0.3 is 0 Å². The molecule has 5 rings (SSSR count). The number of rotatable bonds is 6. The molecule has 0 saturated heterocycles. The van der Waals surface area contributed by atoms with Crippen molar-refractivity contribution < 1.29 is 4.79 Å². The highest BCUT2D eigenvalue weighted by molar-refractivity contribution is 5.91. The van der Waals surface area contributed by atoms with Gasteiger partial charge in [0.15, 0.2) is 0 Å². The lowest BCUT2D eigenvalue weighted by Crippen LogP contribution is -2.35. The second-order valence-corrected chi connectivity index (χ2v) is 8.53. The standard InChI is InChI=1S/C25H24N6O2/c1-16(17-6-4-3-5-7-17)21-27-22(30-29-21)23(32)28-25(12-13-25)19-10-8-18(9-11-19)20-14-26-15-31(2)24(20)33/h3-11,14-16H,12-13H2,1-2H3,(H,28,32)(H,27,29,30). The minimum atomic E-state index is -0.423. The van der Waals surface area contributed by atoms with Crippen LogP contribution in [0.25, 0.3) is 11.1 Å². The number of hydrogen-bond acceptors (Lipinski definition) is 5. The van der Waals surface area contributed by atoms with E-state index in [-0.39, 0.29) is 23.2 Å². The third-order valence-corrected chi connectivity index (χ3v) is 6.27. The van der Waals surface area contributed by atoms with E-state index in [2.05, 4.69) is 25.5 Å². The van der Waals surface area contributed by atoms with Crippen molar-refractivity contribution in [1.82, 2.24) is 30.0 Å². The normalized spacial score (nSPS) is 15.1. The van der Waals surface area contributed by atoms with Crippen molar-refractivity contribution in [3.05, 3.63) is 100 Å². The molecule has 2 aromatic heterocycles. The molecule has 2 N–H and O–H groups in total. The van der Waals surface area contributed by atoms with Crippen LogP contribution in [0.2, 0.25) is 0 Å². The molecule has 0 radical (unpaired) electrons. The second kappa shape index (κ2) is 8.12. The SMILES string of the molecule is CC(c1ccccc1)c1nnc(C(=O)NC2(c3ccc(-c4cncn(C)c4=O)cc3)CC2)[nH]1. The zero-order chi connectivity index (χ0) is 23.0. The quantitative estimate of drug-likeness (QED) is 0.479. The van der Waals surface area contributed by atoms with Crippen molar-refractivity contribution >= 4 is 5.91 Å². The van der Waals surface area contributed by atoms with E-state index >= 15 is 0 Å². The van der Waals surface area contributed by atoms with E-state index in [4.69, 9.17) is 0 Å². The molecular weight excluding hydrogens is 416 g/mol. The Morgan fingerprint density at radius 1 is 1.09 bits per heavy atom. The van der Waals surface area contributed by atoms with Gasteiger partial charge in [0, 0.05) is 19.2 Å². The molecule has 1 saturated carbocycles. The Kier molecular flexibility index (Phi) is 5.12. The van der Waals surface area contributed by atoms with Crippen molar-refractivity contribution in [3.63, 3.8) is 0 Å². The van der Waals surface area contributed by atoms with Crippen LogP contribution in [0.1, 0.15) is 53.3 Å². The van der Waals surface area contributed by atoms with Crippen molar-refractivity contribution in [2.45, 2.75) is 31.2 Å². The summed E-state index contributed by atoms with van der Waals surface area (Å²) in [6.45, 7) is 2.02. The van der Waals surface area contributed by atoms with E-state index in [1.807, 2.05) is 61.5 Å². The molecule has 1 unspecified atom stereocenters. The van der Waals surface area contributed by atoms with Gasteiger partial charge in [0.1, 0.15) is 5.82 Å². The van der Waals surface area contributed by atoms with Gasteiger partial charge in [-0.3, -0.25) is 9.59 Å². The first kappa shape index (κ1) is 20.8. The predicted molar refractivity (Wildman–Crippen MR) is 124 cm³/mol. The van der Waals surface area contributed by atoms with Crippen LogP contribution >= 0.6 is 0 Å². The first-order chi connectivity index (χ1) is 16.0. The van der Waals surface area contributed by atoms with Gasteiger partial charge in [0.05, 0.1) is 17.4 Å². The molecule has 1 aliphatic rings. The van der Waals surface area contributed by atoms with E-state index in [1.165, 1.54) is 10.9 Å². The lowest BCUT2D eigenvalue weighted by atomic mass is 10.0. The molecule has 0 spiro atoms. The smallest absolute Gasteiger partial charge is 0.289 e. The van der Waals surface area contributed by atoms with E-state index in [9.17, 15) is 9.59 Å². The van der Waals surface area contributed by atoms with Gasteiger partial charge in [-0.2, -0.15) is 0 Å². The largest absolute Gasteiger partial charge is 0.340 e. The Morgan fingerprint density at radius 3 is 2.52 bits per heavy atom. The number of carbonyl (C=O) groups excluding carboxylic acids is 1. The highest BCUT2D eigenvalue weighted by Crippen LogP contribution is 2.46. The zero-order valence-corrected chi connectivity index (χ0v) is 18.4. The maximum absolute atomic E-state index is 12.9. The Balaban J connectivity index is 1.32. The number of aryl methyl sites for hydroxylation is 1. The number of H-pyrrole nitrogens is 1. The fourth-order valence-electron chi connectivity index (χ4n) is 4.03. The minimum Gasteiger partial charge on any atom is -0.340 e. The average Bonchev–Trinajstić information content (AvgIpc) is 3.45. The lowest BCUT2D eigenvalue weighted by molar-refractivity contribution is 0.0920. The maximum atomic E-state index is 12.9. The van der Waals surface area contributed by atoms with Crippen LogP contribution in [0.15, 0.2) is 71.9 Å². The number of nitrogens with one attached hydrogen (secondary N) is 2. The van der Waals surface area contributed by atoms with Gasteiger partial charge in [0.25, 0.3) is 11.5 Å². The summed E-state index contributed by atoms with van der Waals surface area (Å²) in [5, 5.41) is 11.4. The Labute approximate surface area is 190 Å². The summed E-state index contributed by atoms with van der Waals surface area (Å²) in [5.74, 6) is 0.577. The number of nitrogens with zero attached hydrogens (tertiary/aromatic N) is 4. The van der Waals surface area contributed by atoms with Gasteiger partial charge < -0.3 is 14.9 Å². The first-order valence-electron chi connectivity index (χ1n) is 10.9. The van der Waals surface area contributed by atoms with Crippen LogP contribution in [-0.4, -0.2) is 30.6 Å². The summed E-state index contributed by atoms with van der Waals surface area (Å²) in [7, 11) is 1.68. The number of amides is 1. The molecule has 0 aliphatic heterocycles. The molecule has 8 heteroatoms. The van der Waals surface area contributed by atoms with Crippen molar-refractivity contribution in [2.75, 3.05) is 0 Å². The summed E-state index contributed by atoms with van der Waals surface area (Å²) >= 11 is 0. The molecular formula is C25H24N6O2. The minimum absolute atomic E-state index is 0.00265. The van der Waals surface area contributed by atoms with E-state index in [0.29, 0.717) is 11.4 Å². The molecule has 1 fully saturated rings. The molecule has 2 aromatic carbocycles. The molecule has 2 heterocycles. The molecule has 8 nitrogen and oxygen atoms in total. The van der Waals surface area contributed by atoms with Gasteiger partial charge in [-0.25, -0.2) is 4.98 Å². The first-order valence-corrected chi connectivity index (χ1v) is 10.9. The lowest BCUT2D eigenvalue weighted by Gasteiger charge is -2.17. The van der Waals surface area contributed by atoms with Crippen LogP contribution in [0.4, 0.5) is 0 Å². The topological polar surface area (TPSA) is 106 Å². The Bertz CT molecular complexity index is 1350. The maximum Gasteiger partial charge on any atom is 0.289 e. The monoisotopic (exact) mass is 440 g/mol. The molecule has 166 valence electrons. The van der Waals surface area contributed by atoms with Gasteiger partial charge in [-0.15, -0.1) is 10.2 Å². The highest BCUT2D eigenvalue weighted by Gasteiger charge is 2.46. The molecule has 0 bridgehead atoms. The van der Waals surface area contributed by atoms with Crippen molar-refractivity contribution in [1.29, 1.82) is 0 Å². The summed E-state index contributed by atoms with van der Waals surface area (Å²) in [5.41, 5.74) is 2.91. The fraction of sp³-hybridized carbons (Fsp3) is 0.240. The Morgan fingerprint density at radius 2 is 1.82 bits per heavy atom. The summed E-state index contributed by atoms with van der Waals surface area (Å²) in [6, 6.07) is 17.7. The highest BCUT2D eigenvalue weighted by atomic mass is 16.2. The van der Waals surface area contributed by atoms with Gasteiger partial charge in [-0.05, 0) is 29.5 Å². The summed E-state index contributed by atoms with van der Waals surface area (Å²) < 4.78 is 1.45. The van der Waals surface area contributed by atoms with Crippen LogP contribution in [0.5, 0.6) is 0 Å². The Hall–Kier alpha value is -4.07. The van der Waals surface area contributed by atoms with Gasteiger partial charge in [0.2, 0.25) is 5.82 Å². The second-order valence-electron chi connectivity index (χ2n) is 8.53. The van der Waals surface area contributed by atoms with Crippen LogP contribution < -0.4 is 10.9 Å². The number of aromatic nitrogens is 5. The van der Waals surface area contributed by atoms with E-state index in [0.717, 1.165) is 29.5 Å². The van der Waals surface area contributed by atoms with E-state index in [1.54, 1.807) is 13.2 Å². The number of carbonyl (C=O) groups is 1. The summed E-state index contributed by atoms with van der Waals surface area (Å²) in [6.07, 6.45) is 4.75. The molecule has 1 atom stereocenters. The van der Waals surface area contributed by atoms with Gasteiger partial charge in [-0.1, -0.05) is 61.5 Å². The predicted octanol–water partition coefficient (Wildman–Crippen LogP) is 3.14. The van der Waals surface area contributed by atoms with Crippen LogP contribution in [-0.2, 0) is 12.6 Å². The number of aromatic amines is 1. The van der Waals surface area contributed by atoms with E-state index < -0.39 is 5.54 Å². The molecule has 1 aliphatic carbocycles. The van der Waals surface area contributed by atoms with Crippen LogP contribution in [0.3, 0.4) is 0 Å².